The van der Waals surface area contributed by atoms with E-state index in [2.05, 4.69) is 0 Å². The number of hydrogen-bond donors (Lipinski definition) is 3. The highest BCUT2D eigenvalue weighted by molar-refractivity contribution is 7.52. The van der Waals surface area contributed by atoms with Crippen LogP contribution < -0.4 is 0 Å². The van der Waals surface area contributed by atoms with Crippen LogP contribution in [-0.4, -0.2) is 39.6 Å². The lowest BCUT2D eigenvalue weighted by Gasteiger charge is -2.12. The van der Waals surface area contributed by atoms with Gasteiger partial charge in [0.2, 0.25) is 0 Å². The Hall–Kier alpha value is -1.17. The Morgan fingerprint density at radius 1 is 1.05 bits per heavy atom. The standard InChI is InChI=1S/C10H19O5P.C4H8O2/c1-4-8(7-16(12,13)14)9(5-2)10(11)15-6-3;1-2-3-4(5)6/h4-7H2,1-3H3,(H2,12,13,14);2-3H2,1H3,(H,5,6). The zero-order valence-electron chi connectivity index (χ0n) is 13.7. The summed E-state index contributed by atoms with van der Waals surface area (Å²) in [4.78, 5) is 38.9. The lowest BCUT2D eigenvalue weighted by Crippen LogP contribution is -2.11. The fourth-order valence-electron chi connectivity index (χ4n) is 1.64. The first-order valence-electron chi connectivity index (χ1n) is 7.27. The van der Waals surface area contributed by atoms with Crippen molar-refractivity contribution >= 4 is 19.5 Å². The van der Waals surface area contributed by atoms with Crippen LogP contribution in [0, 0.1) is 0 Å². The summed E-state index contributed by atoms with van der Waals surface area (Å²) in [5.41, 5.74) is 0.863. The topological polar surface area (TPSA) is 121 Å². The van der Waals surface area contributed by atoms with Crippen molar-refractivity contribution in [3.8, 4) is 0 Å². The molecule has 0 aromatic heterocycles. The Bertz CT molecular complexity index is 423. The maximum atomic E-state index is 11.5. The maximum Gasteiger partial charge on any atom is 0.333 e. The van der Waals surface area contributed by atoms with Crippen LogP contribution in [0.25, 0.3) is 0 Å². The van der Waals surface area contributed by atoms with Crippen molar-refractivity contribution in [3.63, 3.8) is 0 Å². The molecule has 0 radical (unpaired) electrons. The Balaban J connectivity index is 0. The van der Waals surface area contributed by atoms with Crippen molar-refractivity contribution in [2.75, 3.05) is 12.8 Å². The van der Waals surface area contributed by atoms with Gasteiger partial charge in [0.1, 0.15) is 0 Å². The predicted molar refractivity (Wildman–Crippen MR) is 83.7 cm³/mol. The highest BCUT2D eigenvalue weighted by Gasteiger charge is 2.21. The minimum Gasteiger partial charge on any atom is -0.481 e. The monoisotopic (exact) mass is 338 g/mol. The van der Waals surface area contributed by atoms with E-state index in [1.165, 1.54) is 0 Å². The van der Waals surface area contributed by atoms with Gasteiger partial charge in [-0.15, -0.1) is 0 Å². The summed E-state index contributed by atoms with van der Waals surface area (Å²) in [6, 6.07) is 0. The summed E-state index contributed by atoms with van der Waals surface area (Å²) in [5, 5.41) is 7.91. The molecular weight excluding hydrogens is 311 g/mol. The quantitative estimate of drug-likeness (QED) is 0.353. The molecule has 0 aliphatic rings. The second kappa shape index (κ2) is 12.4. The SMILES string of the molecule is CCCC(=O)O.CCOC(=O)C(CC)=C(CC)CP(=O)(O)O. The molecule has 0 spiro atoms. The van der Waals surface area contributed by atoms with Crippen LogP contribution in [0.2, 0.25) is 0 Å². The predicted octanol–water partition coefficient (Wildman–Crippen LogP) is 2.71. The van der Waals surface area contributed by atoms with Crippen molar-refractivity contribution < 1.29 is 33.8 Å². The number of ether oxygens (including phenoxy) is 1. The molecule has 7 nitrogen and oxygen atoms in total. The molecule has 0 aromatic rings. The fraction of sp³-hybridized carbons (Fsp3) is 0.714. The molecule has 0 fully saturated rings. The van der Waals surface area contributed by atoms with Gasteiger partial charge < -0.3 is 19.6 Å². The number of carbonyl (C=O) groups is 2. The minimum absolute atomic E-state index is 0.259. The summed E-state index contributed by atoms with van der Waals surface area (Å²) in [5.74, 6) is -1.19. The van der Waals surface area contributed by atoms with Crippen molar-refractivity contribution in [1.29, 1.82) is 0 Å². The van der Waals surface area contributed by atoms with Gasteiger partial charge in [-0.2, -0.15) is 0 Å². The molecule has 0 amide bonds. The van der Waals surface area contributed by atoms with Crippen LogP contribution in [0.3, 0.4) is 0 Å². The van der Waals surface area contributed by atoms with Gasteiger partial charge >= 0.3 is 19.5 Å². The number of aliphatic carboxylic acids is 1. The average Bonchev–Trinajstić information content (AvgIpc) is 2.37. The lowest BCUT2D eigenvalue weighted by molar-refractivity contribution is -0.139. The van der Waals surface area contributed by atoms with Gasteiger partial charge in [-0.25, -0.2) is 4.79 Å². The molecule has 22 heavy (non-hydrogen) atoms. The smallest absolute Gasteiger partial charge is 0.333 e. The molecule has 0 atom stereocenters. The van der Waals surface area contributed by atoms with Crippen LogP contribution in [0.15, 0.2) is 11.1 Å². The van der Waals surface area contributed by atoms with E-state index in [1.807, 2.05) is 6.92 Å². The van der Waals surface area contributed by atoms with Crippen molar-refractivity contribution in [1.82, 2.24) is 0 Å². The molecule has 3 N–H and O–H groups in total. The largest absolute Gasteiger partial charge is 0.481 e. The van der Waals surface area contributed by atoms with Gasteiger partial charge in [0.15, 0.2) is 0 Å². The third kappa shape index (κ3) is 12.6. The first kappa shape index (κ1) is 23.1. The number of allylic oxidation sites excluding steroid dienone is 1. The highest BCUT2D eigenvalue weighted by atomic mass is 31.2. The molecular formula is C14H27O7P. The second-order valence-corrected chi connectivity index (χ2v) is 6.12. The molecule has 0 unspecified atom stereocenters. The zero-order chi connectivity index (χ0) is 17.8. The Kier molecular flexibility index (Phi) is 13.0. The number of rotatable bonds is 8. The maximum absolute atomic E-state index is 11.5. The first-order valence-corrected chi connectivity index (χ1v) is 9.06. The minimum atomic E-state index is -4.13. The van der Waals surface area contributed by atoms with E-state index in [0.29, 0.717) is 30.4 Å². The van der Waals surface area contributed by atoms with E-state index >= 15 is 0 Å². The number of carbonyl (C=O) groups excluding carboxylic acids is 1. The summed E-state index contributed by atoms with van der Waals surface area (Å²) in [7, 11) is -4.13. The van der Waals surface area contributed by atoms with Gasteiger partial charge in [-0.3, -0.25) is 9.36 Å². The molecule has 0 saturated carbocycles. The van der Waals surface area contributed by atoms with Gasteiger partial charge in [0.25, 0.3) is 0 Å². The van der Waals surface area contributed by atoms with E-state index in [-0.39, 0.29) is 12.8 Å². The number of esters is 1. The first-order chi connectivity index (χ1) is 10.1. The van der Waals surface area contributed by atoms with Crippen LogP contribution in [0.5, 0.6) is 0 Å². The van der Waals surface area contributed by atoms with Crippen LogP contribution in [0.1, 0.15) is 53.4 Å². The third-order valence-electron chi connectivity index (χ3n) is 2.59. The molecule has 0 heterocycles. The van der Waals surface area contributed by atoms with E-state index in [1.54, 1.807) is 20.8 Å². The fourth-order valence-corrected chi connectivity index (χ4v) is 2.55. The van der Waals surface area contributed by atoms with E-state index in [0.717, 1.165) is 6.42 Å². The van der Waals surface area contributed by atoms with Crippen LogP contribution in [-0.2, 0) is 18.9 Å². The van der Waals surface area contributed by atoms with Crippen molar-refractivity contribution in [2.45, 2.75) is 53.4 Å². The van der Waals surface area contributed by atoms with Crippen LogP contribution >= 0.6 is 7.60 Å². The molecule has 0 saturated heterocycles. The van der Waals surface area contributed by atoms with E-state index in [4.69, 9.17) is 19.6 Å². The number of carboxylic acid groups (broad SMARTS) is 1. The normalized spacial score (nSPS) is 11.9. The molecule has 0 bridgehead atoms. The second-order valence-electron chi connectivity index (χ2n) is 4.48. The van der Waals surface area contributed by atoms with Gasteiger partial charge in [-0.05, 0) is 31.8 Å². The van der Waals surface area contributed by atoms with Gasteiger partial charge in [0, 0.05) is 12.0 Å². The molecule has 0 aliphatic heterocycles. The lowest BCUT2D eigenvalue weighted by atomic mass is 10.1. The zero-order valence-corrected chi connectivity index (χ0v) is 14.6. The number of hydrogen-bond acceptors (Lipinski definition) is 4. The summed E-state index contributed by atoms with van der Waals surface area (Å²) < 4.78 is 15.8. The highest BCUT2D eigenvalue weighted by Crippen LogP contribution is 2.38. The third-order valence-corrected chi connectivity index (χ3v) is 3.38. The summed E-state index contributed by atoms with van der Waals surface area (Å²) in [6.45, 7) is 7.32. The summed E-state index contributed by atoms with van der Waals surface area (Å²) >= 11 is 0. The van der Waals surface area contributed by atoms with Crippen LogP contribution in [0.4, 0.5) is 0 Å². The molecule has 0 aromatic carbocycles. The Morgan fingerprint density at radius 2 is 1.59 bits per heavy atom. The van der Waals surface area contributed by atoms with E-state index < -0.39 is 19.5 Å². The Morgan fingerprint density at radius 3 is 1.82 bits per heavy atom. The molecule has 0 aliphatic carbocycles. The molecule has 130 valence electrons. The Labute approximate surface area is 131 Å². The van der Waals surface area contributed by atoms with Crippen molar-refractivity contribution in [3.05, 3.63) is 11.1 Å². The van der Waals surface area contributed by atoms with Crippen molar-refractivity contribution in [2.24, 2.45) is 0 Å². The van der Waals surface area contributed by atoms with Gasteiger partial charge in [0.05, 0.1) is 12.8 Å². The molecule has 8 heteroatoms. The number of carboxylic acids is 1. The average molecular weight is 338 g/mol. The molecule has 0 rings (SSSR count). The summed E-state index contributed by atoms with van der Waals surface area (Å²) in [6.07, 6.45) is 1.51. The van der Waals surface area contributed by atoms with Gasteiger partial charge in [-0.1, -0.05) is 20.8 Å². The van der Waals surface area contributed by atoms with E-state index in [9.17, 15) is 14.2 Å².